The van der Waals surface area contributed by atoms with Crippen LogP contribution >= 0.6 is 0 Å². The summed E-state index contributed by atoms with van der Waals surface area (Å²) in [6.45, 7) is 11.0. The Balaban J connectivity index is 2.48. The van der Waals surface area contributed by atoms with Crippen molar-refractivity contribution in [3.63, 3.8) is 0 Å². The number of rotatable bonds is 7. The molecule has 1 aromatic rings. The van der Waals surface area contributed by atoms with Gasteiger partial charge < -0.3 is 14.7 Å². The SMILES string of the molecule is CCN(CC(=O)Nc1ccon1)C(=O)CC(C)CC(C)(C)C. The third-order valence-electron chi connectivity index (χ3n) is 3.26. The highest BCUT2D eigenvalue weighted by atomic mass is 16.5. The van der Waals surface area contributed by atoms with E-state index in [0.29, 0.717) is 24.7 Å². The average molecular weight is 309 g/mol. The molecule has 22 heavy (non-hydrogen) atoms. The van der Waals surface area contributed by atoms with Crippen LogP contribution in [0.3, 0.4) is 0 Å². The molecule has 1 rings (SSSR count). The van der Waals surface area contributed by atoms with Crippen LogP contribution < -0.4 is 5.32 Å². The number of amides is 2. The summed E-state index contributed by atoms with van der Waals surface area (Å²) in [5.41, 5.74) is 0.196. The molecule has 6 nitrogen and oxygen atoms in total. The van der Waals surface area contributed by atoms with Gasteiger partial charge in [-0.05, 0) is 24.7 Å². The van der Waals surface area contributed by atoms with Gasteiger partial charge in [-0.3, -0.25) is 9.59 Å². The number of hydrogen-bond donors (Lipinski definition) is 1. The Kier molecular flexibility index (Phi) is 6.59. The Morgan fingerprint density at radius 1 is 1.41 bits per heavy atom. The van der Waals surface area contributed by atoms with Crippen molar-refractivity contribution in [2.75, 3.05) is 18.4 Å². The van der Waals surface area contributed by atoms with Crippen LogP contribution in [0.15, 0.2) is 16.9 Å². The van der Waals surface area contributed by atoms with Crippen molar-refractivity contribution < 1.29 is 14.1 Å². The molecule has 2 amide bonds. The van der Waals surface area contributed by atoms with Crippen LogP contribution in [-0.2, 0) is 9.59 Å². The molecule has 1 aromatic heterocycles. The van der Waals surface area contributed by atoms with Crippen molar-refractivity contribution >= 4 is 17.6 Å². The summed E-state index contributed by atoms with van der Waals surface area (Å²) in [5, 5.41) is 6.21. The van der Waals surface area contributed by atoms with Gasteiger partial charge in [0.2, 0.25) is 11.8 Å². The molecule has 1 unspecified atom stereocenters. The number of aromatic nitrogens is 1. The van der Waals surface area contributed by atoms with E-state index >= 15 is 0 Å². The monoisotopic (exact) mass is 309 g/mol. The molecule has 0 radical (unpaired) electrons. The van der Waals surface area contributed by atoms with Crippen LogP contribution in [0.5, 0.6) is 0 Å². The second-order valence-electron chi connectivity index (χ2n) is 6.91. The van der Waals surface area contributed by atoms with Gasteiger partial charge in [0, 0.05) is 19.0 Å². The number of likely N-dealkylation sites (N-methyl/N-ethyl adjacent to an activating group) is 1. The molecule has 0 fully saturated rings. The van der Waals surface area contributed by atoms with Crippen molar-refractivity contribution in [1.29, 1.82) is 0 Å². The molecule has 6 heteroatoms. The minimum Gasteiger partial charge on any atom is -0.363 e. The number of hydrogen-bond acceptors (Lipinski definition) is 4. The molecule has 0 aliphatic rings. The summed E-state index contributed by atoms with van der Waals surface area (Å²) in [7, 11) is 0. The Morgan fingerprint density at radius 3 is 2.59 bits per heavy atom. The molecule has 0 bridgehead atoms. The van der Waals surface area contributed by atoms with Gasteiger partial charge in [0.25, 0.3) is 0 Å². The Hall–Kier alpha value is -1.85. The number of anilines is 1. The normalized spacial score (nSPS) is 12.8. The fourth-order valence-electron chi connectivity index (χ4n) is 2.55. The van der Waals surface area contributed by atoms with Crippen LogP contribution in [0.25, 0.3) is 0 Å². The van der Waals surface area contributed by atoms with Gasteiger partial charge in [-0.2, -0.15) is 0 Å². The van der Waals surface area contributed by atoms with Gasteiger partial charge in [0.1, 0.15) is 6.26 Å². The number of carbonyl (C=O) groups is 2. The van der Waals surface area contributed by atoms with E-state index in [1.54, 1.807) is 11.0 Å². The first kappa shape index (κ1) is 18.2. The minimum absolute atomic E-state index is 0.00885. The van der Waals surface area contributed by atoms with E-state index in [9.17, 15) is 9.59 Å². The van der Waals surface area contributed by atoms with Crippen LogP contribution in [0.4, 0.5) is 5.82 Å². The van der Waals surface area contributed by atoms with E-state index in [1.807, 2.05) is 6.92 Å². The third kappa shape index (κ3) is 6.74. The number of carbonyl (C=O) groups excluding carboxylic acids is 2. The second-order valence-corrected chi connectivity index (χ2v) is 6.91. The van der Waals surface area contributed by atoms with Gasteiger partial charge in [0.15, 0.2) is 5.82 Å². The van der Waals surface area contributed by atoms with E-state index < -0.39 is 0 Å². The lowest BCUT2D eigenvalue weighted by atomic mass is 9.84. The fourth-order valence-corrected chi connectivity index (χ4v) is 2.55. The molecule has 0 saturated carbocycles. The van der Waals surface area contributed by atoms with Crippen molar-refractivity contribution in [3.8, 4) is 0 Å². The quantitative estimate of drug-likeness (QED) is 0.840. The fraction of sp³-hybridized carbons (Fsp3) is 0.688. The zero-order chi connectivity index (χ0) is 16.8. The molecule has 0 aliphatic carbocycles. The summed E-state index contributed by atoms with van der Waals surface area (Å²) in [6.07, 6.45) is 2.82. The van der Waals surface area contributed by atoms with Crippen molar-refractivity contribution in [2.24, 2.45) is 11.3 Å². The third-order valence-corrected chi connectivity index (χ3v) is 3.26. The maximum absolute atomic E-state index is 12.3. The maximum atomic E-state index is 12.3. The lowest BCUT2D eigenvalue weighted by molar-refractivity contribution is -0.135. The molecule has 124 valence electrons. The second kappa shape index (κ2) is 7.96. The molecule has 0 spiro atoms. The molecule has 0 aromatic carbocycles. The van der Waals surface area contributed by atoms with E-state index in [-0.39, 0.29) is 23.8 Å². The molecule has 1 N–H and O–H groups in total. The van der Waals surface area contributed by atoms with Gasteiger partial charge in [-0.1, -0.05) is 32.9 Å². The van der Waals surface area contributed by atoms with Crippen LogP contribution in [0.2, 0.25) is 0 Å². The summed E-state index contributed by atoms with van der Waals surface area (Å²) in [5.74, 6) is 0.386. The van der Waals surface area contributed by atoms with Crippen LogP contribution in [-0.4, -0.2) is 35.0 Å². The molecular formula is C16H27N3O3. The van der Waals surface area contributed by atoms with E-state index in [2.05, 4.69) is 42.7 Å². The molecular weight excluding hydrogens is 282 g/mol. The van der Waals surface area contributed by atoms with Gasteiger partial charge in [0.05, 0.1) is 6.54 Å². The lowest BCUT2D eigenvalue weighted by Crippen LogP contribution is -2.38. The van der Waals surface area contributed by atoms with Crippen molar-refractivity contribution in [1.82, 2.24) is 10.1 Å². The molecule has 1 heterocycles. The lowest BCUT2D eigenvalue weighted by Gasteiger charge is -2.26. The average Bonchev–Trinajstić information content (AvgIpc) is 2.85. The predicted octanol–water partition coefficient (Wildman–Crippen LogP) is 2.92. The highest BCUT2D eigenvalue weighted by molar-refractivity contribution is 5.93. The van der Waals surface area contributed by atoms with E-state index in [1.165, 1.54) is 6.26 Å². The smallest absolute Gasteiger partial charge is 0.245 e. The summed E-state index contributed by atoms with van der Waals surface area (Å²) >= 11 is 0. The zero-order valence-electron chi connectivity index (χ0n) is 14.2. The highest BCUT2D eigenvalue weighted by Crippen LogP contribution is 2.26. The minimum atomic E-state index is -0.271. The first-order valence-corrected chi connectivity index (χ1v) is 7.69. The topological polar surface area (TPSA) is 75.4 Å². The van der Waals surface area contributed by atoms with Crippen LogP contribution in [0, 0.1) is 11.3 Å². The maximum Gasteiger partial charge on any atom is 0.245 e. The Morgan fingerprint density at radius 2 is 2.09 bits per heavy atom. The van der Waals surface area contributed by atoms with Gasteiger partial charge in [-0.25, -0.2) is 0 Å². The summed E-state index contributed by atoms with van der Waals surface area (Å²) in [6, 6.07) is 1.56. The molecule has 1 atom stereocenters. The number of nitrogens with one attached hydrogen (secondary N) is 1. The standard InChI is InChI=1S/C16H27N3O3/c1-6-19(11-14(20)17-13-7-8-22-18-13)15(21)9-12(2)10-16(3,4)5/h7-8,12H,6,9-11H2,1-5H3,(H,17,18,20). The van der Waals surface area contributed by atoms with Gasteiger partial charge in [-0.15, -0.1) is 0 Å². The Labute approximate surface area is 132 Å². The van der Waals surface area contributed by atoms with Gasteiger partial charge >= 0.3 is 0 Å². The Bertz CT molecular complexity index is 477. The first-order chi connectivity index (χ1) is 10.2. The summed E-state index contributed by atoms with van der Waals surface area (Å²) < 4.78 is 4.65. The first-order valence-electron chi connectivity index (χ1n) is 7.69. The van der Waals surface area contributed by atoms with E-state index in [4.69, 9.17) is 0 Å². The van der Waals surface area contributed by atoms with Crippen LogP contribution in [0.1, 0.15) is 47.5 Å². The molecule has 0 saturated heterocycles. The van der Waals surface area contributed by atoms with E-state index in [0.717, 1.165) is 6.42 Å². The number of nitrogens with zero attached hydrogens (tertiary/aromatic N) is 2. The molecule has 0 aliphatic heterocycles. The van der Waals surface area contributed by atoms with Crippen molar-refractivity contribution in [2.45, 2.75) is 47.5 Å². The largest absolute Gasteiger partial charge is 0.363 e. The summed E-state index contributed by atoms with van der Waals surface area (Å²) in [4.78, 5) is 25.8. The predicted molar refractivity (Wildman–Crippen MR) is 85.2 cm³/mol. The highest BCUT2D eigenvalue weighted by Gasteiger charge is 2.21. The van der Waals surface area contributed by atoms with Crippen molar-refractivity contribution in [3.05, 3.63) is 12.3 Å². The zero-order valence-corrected chi connectivity index (χ0v) is 14.2.